The second-order valence-corrected chi connectivity index (χ2v) is 4.84. The van der Waals surface area contributed by atoms with Gasteiger partial charge >= 0.3 is 0 Å². The molecule has 1 nitrogen and oxygen atoms in total. The molecule has 0 heterocycles. The largest absolute Gasteiger partial charge is 0.327 e. The normalized spacial score (nSPS) is 43.9. The lowest BCUT2D eigenvalue weighted by molar-refractivity contribution is 0.0826. The van der Waals surface area contributed by atoms with Crippen molar-refractivity contribution >= 4 is 0 Å². The molecule has 0 aromatic carbocycles. The summed E-state index contributed by atoms with van der Waals surface area (Å²) in [4.78, 5) is 0. The average Bonchev–Trinajstić information content (AvgIpc) is 1.95. The summed E-state index contributed by atoms with van der Waals surface area (Å²) in [6, 6.07) is 0.443. The second-order valence-electron chi connectivity index (χ2n) is 4.84. The van der Waals surface area contributed by atoms with Gasteiger partial charge in [-0.1, -0.05) is 27.7 Å². The maximum atomic E-state index is 5.99. The van der Waals surface area contributed by atoms with Crippen molar-refractivity contribution in [2.75, 3.05) is 0 Å². The fourth-order valence-corrected chi connectivity index (χ4v) is 2.11. The molecule has 2 N–H and O–H groups in total. The molecule has 3 atom stereocenters. The summed E-state index contributed by atoms with van der Waals surface area (Å²) in [5, 5.41) is 0. The Kier molecular flexibility index (Phi) is 2.29. The maximum Gasteiger partial charge on any atom is 0.00674 e. The van der Waals surface area contributed by atoms with E-state index < -0.39 is 0 Å². The van der Waals surface area contributed by atoms with Crippen LogP contribution in [0.2, 0.25) is 0 Å². The number of hydrogen-bond acceptors (Lipinski definition) is 1. The molecule has 0 aromatic heterocycles. The van der Waals surface area contributed by atoms with E-state index in [0.29, 0.717) is 17.4 Å². The van der Waals surface area contributed by atoms with Gasteiger partial charge in [0.05, 0.1) is 0 Å². The maximum absolute atomic E-state index is 5.99. The van der Waals surface area contributed by atoms with Crippen LogP contribution < -0.4 is 5.73 Å². The zero-order chi connectivity index (χ0) is 8.65. The standard InChI is InChI=1S/C10H21N/c1-7-8(2)10(3,4)6-5-9(7)11/h7-9H,5-6,11H2,1-4H3/t7-,8-,9-/m0/s1. The van der Waals surface area contributed by atoms with E-state index in [4.69, 9.17) is 5.73 Å². The quantitative estimate of drug-likeness (QED) is 0.571. The van der Waals surface area contributed by atoms with Gasteiger partial charge in [0.25, 0.3) is 0 Å². The molecule has 0 radical (unpaired) electrons. The smallest absolute Gasteiger partial charge is 0.00674 e. The molecule has 1 aliphatic carbocycles. The van der Waals surface area contributed by atoms with Crippen LogP contribution in [-0.2, 0) is 0 Å². The molecule has 1 fully saturated rings. The van der Waals surface area contributed by atoms with Crippen molar-refractivity contribution in [1.82, 2.24) is 0 Å². The summed E-state index contributed by atoms with van der Waals surface area (Å²) >= 11 is 0. The first-order chi connectivity index (χ1) is 4.95. The average molecular weight is 155 g/mol. The van der Waals surface area contributed by atoms with Gasteiger partial charge in [0.1, 0.15) is 0 Å². The van der Waals surface area contributed by atoms with E-state index in [2.05, 4.69) is 27.7 Å². The highest BCUT2D eigenvalue weighted by atomic mass is 14.7. The first-order valence-electron chi connectivity index (χ1n) is 4.71. The number of hydrogen-bond donors (Lipinski definition) is 1. The first-order valence-corrected chi connectivity index (χ1v) is 4.71. The minimum Gasteiger partial charge on any atom is -0.327 e. The van der Waals surface area contributed by atoms with Gasteiger partial charge in [-0.15, -0.1) is 0 Å². The zero-order valence-corrected chi connectivity index (χ0v) is 8.22. The van der Waals surface area contributed by atoms with Crippen LogP contribution in [0.25, 0.3) is 0 Å². The summed E-state index contributed by atoms with van der Waals surface area (Å²) in [5.41, 5.74) is 6.50. The van der Waals surface area contributed by atoms with E-state index in [-0.39, 0.29) is 0 Å². The molecule has 1 rings (SSSR count). The molecule has 11 heavy (non-hydrogen) atoms. The molecule has 0 bridgehead atoms. The van der Waals surface area contributed by atoms with Gasteiger partial charge < -0.3 is 5.73 Å². The number of nitrogens with two attached hydrogens (primary N) is 1. The Hall–Kier alpha value is -0.0400. The van der Waals surface area contributed by atoms with Crippen molar-refractivity contribution in [2.45, 2.75) is 46.6 Å². The molecule has 0 unspecified atom stereocenters. The Bertz CT molecular complexity index is 140. The van der Waals surface area contributed by atoms with Gasteiger partial charge in [0, 0.05) is 6.04 Å². The van der Waals surface area contributed by atoms with Crippen molar-refractivity contribution in [2.24, 2.45) is 23.0 Å². The van der Waals surface area contributed by atoms with Crippen molar-refractivity contribution in [3.8, 4) is 0 Å². The molecule has 0 spiro atoms. The molecular formula is C10H21N. The molecule has 0 aliphatic heterocycles. The first kappa shape index (κ1) is 9.05. The van der Waals surface area contributed by atoms with Crippen molar-refractivity contribution in [1.29, 1.82) is 0 Å². The lowest BCUT2D eigenvalue weighted by Crippen LogP contribution is -2.43. The van der Waals surface area contributed by atoms with Gasteiger partial charge in [-0.05, 0) is 30.1 Å². The topological polar surface area (TPSA) is 26.0 Å². The van der Waals surface area contributed by atoms with Crippen molar-refractivity contribution < 1.29 is 0 Å². The van der Waals surface area contributed by atoms with E-state index >= 15 is 0 Å². The van der Waals surface area contributed by atoms with E-state index in [1.54, 1.807) is 0 Å². The van der Waals surface area contributed by atoms with E-state index in [0.717, 1.165) is 5.92 Å². The van der Waals surface area contributed by atoms with E-state index in [1.807, 2.05) is 0 Å². The van der Waals surface area contributed by atoms with Crippen LogP contribution in [-0.4, -0.2) is 6.04 Å². The van der Waals surface area contributed by atoms with Crippen LogP contribution >= 0.6 is 0 Å². The lowest BCUT2D eigenvalue weighted by Gasteiger charge is -2.44. The van der Waals surface area contributed by atoms with Crippen LogP contribution in [0, 0.1) is 17.3 Å². The van der Waals surface area contributed by atoms with Crippen LogP contribution in [0.15, 0.2) is 0 Å². The number of rotatable bonds is 0. The van der Waals surface area contributed by atoms with E-state index in [9.17, 15) is 0 Å². The molecule has 0 amide bonds. The summed E-state index contributed by atoms with van der Waals surface area (Å²) in [6.07, 6.45) is 2.50. The third-order valence-corrected chi connectivity index (χ3v) is 3.82. The highest BCUT2D eigenvalue weighted by Crippen LogP contribution is 2.42. The molecule has 1 saturated carbocycles. The van der Waals surface area contributed by atoms with Crippen molar-refractivity contribution in [3.05, 3.63) is 0 Å². The van der Waals surface area contributed by atoms with Crippen molar-refractivity contribution in [3.63, 3.8) is 0 Å². The van der Waals surface area contributed by atoms with Crippen LogP contribution in [0.3, 0.4) is 0 Å². The third kappa shape index (κ3) is 1.58. The second kappa shape index (κ2) is 2.78. The highest BCUT2D eigenvalue weighted by Gasteiger charge is 2.37. The fraction of sp³-hybridized carbons (Fsp3) is 1.00. The van der Waals surface area contributed by atoms with E-state index in [1.165, 1.54) is 12.8 Å². The molecule has 66 valence electrons. The zero-order valence-electron chi connectivity index (χ0n) is 8.22. The monoisotopic (exact) mass is 155 g/mol. The lowest BCUT2D eigenvalue weighted by atomic mass is 9.63. The minimum atomic E-state index is 0.443. The Labute approximate surface area is 70.4 Å². The predicted octanol–water partition coefficient (Wildman–Crippen LogP) is 2.41. The third-order valence-electron chi connectivity index (χ3n) is 3.82. The Morgan fingerprint density at radius 2 is 1.82 bits per heavy atom. The summed E-state index contributed by atoms with van der Waals surface area (Å²) < 4.78 is 0. The summed E-state index contributed by atoms with van der Waals surface area (Å²) in [7, 11) is 0. The predicted molar refractivity (Wildman–Crippen MR) is 49.3 cm³/mol. The van der Waals surface area contributed by atoms with Gasteiger partial charge in [0.2, 0.25) is 0 Å². The summed E-state index contributed by atoms with van der Waals surface area (Å²) in [6.45, 7) is 9.35. The SMILES string of the molecule is C[C@@H]1[C@@H](N)CCC(C)(C)[C@H]1C. The molecular weight excluding hydrogens is 134 g/mol. The van der Waals surface area contributed by atoms with Crippen LogP contribution in [0.4, 0.5) is 0 Å². The summed E-state index contributed by atoms with van der Waals surface area (Å²) in [5.74, 6) is 1.46. The van der Waals surface area contributed by atoms with Crippen LogP contribution in [0.1, 0.15) is 40.5 Å². The molecule has 1 heteroatoms. The molecule has 1 aliphatic rings. The van der Waals surface area contributed by atoms with Gasteiger partial charge in [0.15, 0.2) is 0 Å². The Morgan fingerprint density at radius 1 is 1.27 bits per heavy atom. The Balaban J connectivity index is 2.67. The minimum absolute atomic E-state index is 0.443. The van der Waals surface area contributed by atoms with Gasteiger partial charge in [-0.2, -0.15) is 0 Å². The van der Waals surface area contributed by atoms with Gasteiger partial charge in [-0.25, -0.2) is 0 Å². The van der Waals surface area contributed by atoms with Crippen LogP contribution in [0.5, 0.6) is 0 Å². The van der Waals surface area contributed by atoms with Gasteiger partial charge in [-0.3, -0.25) is 0 Å². The highest BCUT2D eigenvalue weighted by molar-refractivity contribution is 4.89. The molecule has 0 aromatic rings. The fourth-order valence-electron chi connectivity index (χ4n) is 2.11. The molecule has 0 saturated heterocycles. The Morgan fingerprint density at radius 3 is 2.27 bits per heavy atom.